The molecule has 1 N–H and O–H groups in total. The Hall–Kier alpha value is -2.42. The molecule has 4 rings (SSSR count). The maximum Gasteiger partial charge on any atom is 0.227 e. The molecule has 3 aromatic rings. The Morgan fingerprint density at radius 1 is 1.00 bits per heavy atom. The molecule has 0 radical (unpaired) electrons. The fraction of sp³-hybridized carbons (Fsp3) is 0.350. The number of piperazine rings is 1. The first-order valence-electron chi connectivity index (χ1n) is 9.38. The van der Waals surface area contributed by atoms with Crippen LogP contribution >= 0.6 is 11.9 Å². The SMILES string of the molecule is Cc1cnc(Nc2cnn(C)c2)nc1-c1ccc(SN2CCN(C)CC2)cc1. The molecule has 28 heavy (non-hydrogen) atoms. The van der Waals surface area contributed by atoms with Crippen molar-refractivity contribution in [2.75, 3.05) is 38.5 Å². The number of rotatable bonds is 5. The van der Waals surface area contributed by atoms with Crippen LogP contribution in [-0.4, -0.2) is 62.2 Å². The van der Waals surface area contributed by atoms with E-state index in [0.29, 0.717) is 5.95 Å². The van der Waals surface area contributed by atoms with Gasteiger partial charge in [0.25, 0.3) is 0 Å². The summed E-state index contributed by atoms with van der Waals surface area (Å²) < 4.78 is 4.18. The summed E-state index contributed by atoms with van der Waals surface area (Å²) in [4.78, 5) is 12.7. The van der Waals surface area contributed by atoms with E-state index in [1.54, 1.807) is 10.9 Å². The molecule has 0 unspecified atom stereocenters. The lowest BCUT2D eigenvalue weighted by Crippen LogP contribution is -2.40. The molecular formula is C20H25N7S. The molecule has 1 aliphatic rings. The first-order valence-corrected chi connectivity index (χ1v) is 10.2. The Bertz CT molecular complexity index is 930. The molecule has 0 amide bonds. The minimum absolute atomic E-state index is 0.574. The molecule has 3 heterocycles. The minimum atomic E-state index is 0.574. The first kappa shape index (κ1) is 18.9. The monoisotopic (exact) mass is 395 g/mol. The molecule has 1 fully saturated rings. The van der Waals surface area contributed by atoms with Gasteiger partial charge in [0.2, 0.25) is 5.95 Å². The average Bonchev–Trinajstić information content (AvgIpc) is 3.10. The van der Waals surface area contributed by atoms with E-state index in [2.05, 4.69) is 55.9 Å². The molecule has 1 saturated heterocycles. The molecule has 2 aromatic heterocycles. The van der Waals surface area contributed by atoms with Crippen LogP contribution in [0.4, 0.5) is 11.6 Å². The highest BCUT2D eigenvalue weighted by molar-refractivity contribution is 7.97. The number of anilines is 2. The van der Waals surface area contributed by atoms with E-state index in [4.69, 9.17) is 4.98 Å². The fourth-order valence-corrected chi connectivity index (χ4v) is 4.01. The first-order chi connectivity index (χ1) is 13.6. The fourth-order valence-electron chi connectivity index (χ4n) is 3.11. The summed E-state index contributed by atoms with van der Waals surface area (Å²) >= 11 is 1.83. The predicted octanol–water partition coefficient (Wildman–Crippen LogP) is 3.18. The van der Waals surface area contributed by atoms with Crippen molar-refractivity contribution in [1.29, 1.82) is 0 Å². The number of aryl methyl sites for hydroxylation is 2. The summed E-state index contributed by atoms with van der Waals surface area (Å²) in [5.74, 6) is 0.574. The zero-order valence-electron chi connectivity index (χ0n) is 16.5. The van der Waals surface area contributed by atoms with Gasteiger partial charge < -0.3 is 10.2 Å². The molecule has 8 heteroatoms. The van der Waals surface area contributed by atoms with Gasteiger partial charge in [-0.25, -0.2) is 14.3 Å². The predicted molar refractivity (Wildman–Crippen MR) is 114 cm³/mol. The van der Waals surface area contributed by atoms with Crippen molar-refractivity contribution in [3.63, 3.8) is 0 Å². The van der Waals surface area contributed by atoms with Crippen LogP contribution in [0.1, 0.15) is 5.56 Å². The summed E-state index contributed by atoms with van der Waals surface area (Å²) in [5, 5.41) is 7.37. The Morgan fingerprint density at radius 3 is 2.43 bits per heavy atom. The minimum Gasteiger partial charge on any atom is -0.321 e. The van der Waals surface area contributed by atoms with Gasteiger partial charge in [0, 0.05) is 56.1 Å². The Morgan fingerprint density at radius 2 is 1.75 bits per heavy atom. The normalized spacial score (nSPS) is 15.7. The summed E-state index contributed by atoms with van der Waals surface area (Å²) in [5.41, 5.74) is 3.96. The van der Waals surface area contributed by atoms with Crippen LogP contribution in [0.5, 0.6) is 0 Å². The van der Waals surface area contributed by atoms with Gasteiger partial charge in [0.05, 0.1) is 17.6 Å². The molecule has 0 bridgehead atoms. The lowest BCUT2D eigenvalue weighted by Gasteiger charge is -2.31. The Kier molecular flexibility index (Phi) is 5.61. The van der Waals surface area contributed by atoms with Crippen molar-refractivity contribution in [2.45, 2.75) is 11.8 Å². The largest absolute Gasteiger partial charge is 0.321 e. The van der Waals surface area contributed by atoms with Crippen molar-refractivity contribution in [3.8, 4) is 11.3 Å². The zero-order chi connectivity index (χ0) is 19.5. The van der Waals surface area contributed by atoms with Crippen LogP contribution in [-0.2, 0) is 7.05 Å². The molecule has 0 spiro atoms. The smallest absolute Gasteiger partial charge is 0.227 e. The van der Waals surface area contributed by atoms with Crippen molar-refractivity contribution in [2.24, 2.45) is 7.05 Å². The zero-order valence-corrected chi connectivity index (χ0v) is 17.3. The van der Waals surface area contributed by atoms with Crippen LogP contribution in [0.25, 0.3) is 11.3 Å². The highest BCUT2D eigenvalue weighted by atomic mass is 32.2. The van der Waals surface area contributed by atoms with Crippen molar-refractivity contribution >= 4 is 23.6 Å². The third-order valence-corrected chi connectivity index (χ3v) is 5.86. The number of nitrogens with one attached hydrogen (secondary N) is 1. The van der Waals surface area contributed by atoms with Gasteiger partial charge in [-0.15, -0.1) is 0 Å². The second kappa shape index (κ2) is 8.30. The number of nitrogens with zero attached hydrogens (tertiary/aromatic N) is 6. The topological polar surface area (TPSA) is 62.1 Å². The summed E-state index contributed by atoms with van der Waals surface area (Å²) in [6.45, 7) is 6.47. The second-order valence-corrected chi connectivity index (χ2v) is 8.27. The van der Waals surface area contributed by atoms with Crippen LogP contribution in [0.15, 0.2) is 47.8 Å². The highest BCUT2D eigenvalue weighted by Crippen LogP contribution is 2.28. The molecule has 146 valence electrons. The number of aromatic nitrogens is 4. The van der Waals surface area contributed by atoms with Gasteiger partial charge in [-0.2, -0.15) is 5.10 Å². The lowest BCUT2D eigenvalue weighted by atomic mass is 10.1. The van der Waals surface area contributed by atoms with E-state index in [1.807, 2.05) is 38.3 Å². The van der Waals surface area contributed by atoms with Gasteiger partial charge in [0.15, 0.2) is 0 Å². The molecule has 0 atom stereocenters. The van der Waals surface area contributed by atoms with Crippen LogP contribution < -0.4 is 5.32 Å². The van der Waals surface area contributed by atoms with Gasteiger partial charge in [-0.05, 0) is 43.6 Å². The van der Waals surface area contributed by atoms with Gasteiger partial charge in [-0.1, -0.05) is 12.1 Å². The highest BCUT2D eigenvalue weighted by Gasteiger charge is 2.15. The van der Waals surface area contributed by atoms with E-state index < -0.39 is 0 Å². The second-order valence-electron chi connectivity index (χ2n) is 7.10. The van der Waals surface area contributed by atoms with Crippen molar-refractivity contribution < 1.29 is 0 Å². The summed E-state index contributed by atoms with van der Waals surface area (Å²) in [7, 11) is 4.06. The number of benzene rings is 1. The molecule has 1 aliphatic heterocycles. The standard InChI is InChI=1S/C20H25N7S/c1-15-12-21-20(23-17-13-22-26(3)14-17)24-19(15)16-4-6-18(7-5-16)28-27-10-8-25(2)9-11-27/h4-7,12-14H,8-11H2,1-3H3,(H,21,23,24). The number of hydrogen-bond donors (Lipinski definition) is 1. The number of hydrogen-bond acceptors (Lipinski definition) is 7. The van der Waals surface area contributed by atoms with Crippen LogP contribution in [0.2, 0.25) is 0 Å². The van der Waals surface area contributed by atoms with E-state index >= 15 is 0 Å². The van der Waals surface area contributed by atoms with E-state index in [9.17, 15) is 0 Å². The molecule has 7 nitrogen and oxygen atoms in total. The summed E-state index contributed by atoms with van der Waals surface area (Å²) in [6, 6.07) is 8.63. The lowest BCUT2D eigenvalue weighted by molar-refractivity contribution is 0.233. The van der Waals surface area contributed by atoms with Gasteiger partial charge in [-0.3, -0.25) is 4.68 Å². The Labute approximate surface area is 169 Å². The van der Waals surface area contributed by atoms with E-state index in [0.717, 1.165) is 48.7 Å². The van der Waals surface area contributed by atoms with Crippen LogP contribution in [0.3, 0.4) is 0 Å². The van der Waals surface area contributed by atoms with Gasteiger partial charge >= 0.3 is 0 Å². The quantitative estimate of drug-likeness (QED) is 0.666. The van der Waals surface area contributed by atoms with Crippen molar-refractivity contribution in [3.05, 3.63) is 48.4 Å². The maximum atomic E-state index is 4.72. The maximum absolute atomic E-state index is 4.72. The Balaban J connectivity index is 1.48. The van der Waals surface area contributed by atoms with Gasteiger partial charge in [0.1, 0.15) is 0 Å². The van der Waals surface area contributed by atoms with E-state index in [1.165, 1.54) is 4.90 Å². The third-order valence-electron chi connectivity index (χ3n) is 4.76. The number of likely N-dealkylation sites (N-methyl/N-ethyl adjacent to an activating group) is 1. The average molecular weight is 396 g/mol. The molecule has 0 saturated carbocycles. The summed E-state index contributed by atoms with van der Waals surface area (Å²) in [6.07, 6.45) is 5.51. The molecule has 1 aromatic carbocycles. The molecule has 0 aliphatic carbocycles. The van der Waals surface area contributed by atoms with Crippen LogP contribution in [0, 0.1) is 6.92 Å². The van der Waals surface area contributed by atoms with E-state index in [-0.39, 0.29) is 0 Å². The molecular weight excluding hydrogens is 370 g/mol. The van der Waals surface area contributed by atoms with Crippen molar-refractivity contribution in [1.82, 2.24) is 29.0 Å². The third kappa shape index (κ3) is 4.52.